The second-order valence-corrected chi connectivity index (χ2v) is 9.69. The third-order valence-electron chi connectivity index (χ3n) is 7.58. The van der Waals surface area contributed by atoms with Gasteiger partial charge in [-0.1, -0.05) is 18.2 Å². The van der Waals surface area contributed by atoms with Crippen LogP contribution in [0.3, 0.4) is 0 Å². The van der Waals surface area contributed by atoms with Crippen molar-refractivity contribution in [2.45, 2.75) is 13.8 Å². The van der Waals surface area contributed by atoms with Crippen LogP contribution >= 0.6 is 0 Å². The standard InChI is InChI=1S/C31H29N3O5/c1-3-33(4-2)19-9-11-23-25(17-19)38-29-24-12-10-20(34-15-13-32-14-16-34)18-26(24)39-31(37)28(29)27(23)21-7-5-6-8-22(21)30(35)36/h5-12,17-18,32H,3-4,13-16H2,1-2H3/p+1. The van der Waals surface area contributed by atoms with Crippen molar-refractivity contribution in [3.05, 3.63) is 82.0 Å². The SMILES string of the molecule is CCN(CC)c1ccc2c(-c3ccccc3C(=O)O)c3c(=O)oc4cc(=[N+]5CCNCC5)ccc4c3oc2c1. The van der Waals surface area contributed by atoms with Gasteiger partial charge in [0.05, 0.1) is 30.1 Å². The molecule has 5 aromatic rings. The Balaban J connectivity index is 1.75. The topological polar surface area (TPSA) is 98.9 Å². The van der Waals surface area contributed by atoms with Crippen LogP contribution in [0.2, 0.25) is 0 Å². The van der Waals surface area contributed by atoms with E-state index in [9.17, 15) is 14.7 Å². The lowest BCUT2D eigenvalue weighted by Crippen LogP contribution is -2.45. The first kappa shape index (κ1) is 24.9. The average Bonchev–Trinajstić information content (AvgIpc) is 2.97. The van der Waals surface area contributed by atoms with Gasteiger partial charge < -0.3 is 24.2 Å². The monoisotopic (exact) mass is 524 g/mol. The summed E-state index contributed by atoms with van der Waals surface area (Å²) in [4.78, 5) is 28.1. The Morgan fingerprint density at radius 1 is 0.949 bits per heavy atom. The number of nitrogens with one attached hydrogen (secondary N) is 1. The molecule has 0 atom stereocenters. The lowest BCUT2D eigenvalue weighted by molar-refractivity contribution is 0.0697. The third-order valence-corrected chi connectivity index (χ3v) is 7.58. The third kappa shape index (κ3) is 4.27. The van der Waals surface area contributed by atoms with E-state index < -0.39 is 11.6 Å². The number of piperazine rings is 1. The fourth-order valence-corrected chi connectivity index (χ4v) is 5.60. The second-order valence-electron chi connectivity index (χ2n) is 9.69. The minimum atomic E-state index is -1.07. The zero-order valence-corrected chi connectivity index (χ0v) is 22.0. The van der Waals surface area contributed by atoms with Crippen LogP contribution in [0.4, 0.5) is 5.69 Å². The molecule has 3 heterocycles. The van der Waals surface area contributed by atoms with Gasteiger partial charge in [0.2, 0.25) is 5.36 Å². The zero-order chi connectivity index (χ0) is 27.1. The Hall–Kier alpha value is -4.43. The molecule has 0 saturated carbocycles. The molecule has 39 heavy (non-hydrogen) atoms. The molecule has 1 saturated heterocycles. The van der Waals surface area contributed by atoms with E-state index in [1.807, 2.05) is 36.4 Å². The largest absolute Gasteiger partial charge is 0.478 e. The Morgan fingerprint density at radius 3 is 2.41 bits per heavy atom. The van der Waals surface area contributed by atoms with E-state index in [4.69, 9.17) is 8.83 Å². The summed E-state index contributed by atoms with van der Waals surface area (Å²) in [7, 11) is 0. The molecule has 3 aromatic carbocycles. The minimum Gasteiger partial charge on any atom is -0.478 e. The van der Waals surface area contributed by atoms with Crippen molar-refractivity contribution >= 4 is 44.6 Å². The number of nitrogens with zero attached hydrogens (tertiary/aromatic N) is 2. The summed E-state index contributed by atoms with van der Waals surface area (Å²) in [6.45, 7) is 9.34. The van der Waals surface area contributed by atoms with Crippen molar-refractivity contribution in [2.24, 2.45) is 0 Å². The van der Waals surface area contributed by atoms with Crippen LogP contribution in [0.1, 0.15) is 24.2 Å². The Kier molecular flexibility index (Phi) is 6.40. The number of carboxylic acid groups (broad SMARTS) is 1. The number of fused-ring (bicyclic) bond motifs is 4. The molecule has 0 aliphatic carbocycles. The first-order chi connectivity index (χ1) is 19.0. The first-order valence-electron chi connectivity index (χ1n) is 13.3. The molecule has 1 aliphatic heterocycles. The number of hydrogen-bond donors (Lipinski definition) is 2. The maximum atomic E-state index is 13.7. The van der Waals surface area contributed by atoms with Crippen molar-refractivity contribution in [3.8, 4) is 11.1 Å². The van der Waals surface area contributed by atoms with E-state index in [1.165, 1.54) is 0 Å². The van der Waals surface area contributed by atoms with E-state index in [-0.39, 0.29) is 10.9 Å². The number of anilines is 1. The molecule has 8 heteroatoms. The lowest BCUT2D eigenvalue weighted by atomic mass is 9.93. The van der Waals surface area contributed by atoms with Crippen molar-refractivity contribution in [1.82, 2.24) is 9.89 Å². The van der Waals surface area contributed by atoms with Gasteiger partial charge in [0.25, 0.3) is 0 Å². The van der Waals surface area contributed by atoms with Crippen LogP contribution in [-0.2, 0) is 0 Å². The highest BCUT2D eigenvalue weighted by Crippen LogP contribution is 2.40. The average molecular weight is 525 g/mol. The van der Waals surface area contributed by atoms with Crippen LogP contribution in [0, 0.1) is 0 Å². The van der Waals surface area contributed by atoms with Gasteiger partial charge in [-0.25, -0.2) is 14.2 Å². The number of rotatable bonds is 5. The Morgan fingerprint density at radius 2 is 1.67 bits per heavy atom. The fraction of sp³-hybridized carbons (Fsp3) is 0.258. The molecule has 0 amide bonds. The van der Waals surface area contributed by atoms with Gasteiger partial charge in [0.1, 0.15) is 16.6 Å². The van der Waals surface area contributed by atoms with Crippen LogP contribution in [-0.4, -0.2) is 50.3 Å². The van der Waals surface area contributed by atoms with Crippen molar-refractivity contribution in [1.29, 1.82) is 0 Å². The summed E-state index contributed by atoms with van der Waals surface area (Å²) in [6, 6.07) is 18.4. The van der Waals surface area contributed by atoms with Crippen molar-refractivity contribution in [3.63, 3.8) is 0 Å². The van der Waals surface area contributed by atoms with Crippen LogP contribution < -0.4 is 25.8 Å². The lowest BCUT2D eigenvalue weighted by Gasteiger charge is -2.22. The molecule has 6 rings (SSSR count). The van der Waals surface area contributed by atoms with Crippen LogP contribution in [0.25, 0.3) is 44.0 Å². The van der Waals surface area contributed by atoms with Gasteiger partial charge in [-0.05, 0) is 43.7 Å². The molecule has 0 radical (unpaired) electrons. The molecular formula is C31H30N3O5+. The number of hydrogen-bond acceptors (Lipinski definition) is 6. The molecule has 8 nitrogen and oxygen atoms in total. The summed E-state index contributed by atoms with van der Waals surface area (Å²) in [5, 5.41) is 15.9. The first-order valence-corrected chi connectivity index (χ1v) is 13.3. The van der Waals surface area contributed by atoms with E-state index in [1.54, 1.807) is 24.3 Å². The maximum absolute atomic E-state index is 13.7. The molecule has 0 bridgehead atoms. The van der Waals surface area contributed by atoms with Gasteiger partial charge in [-0.3, -0.25) is 0 Å². The quantitative estimate of drug-likeness (QED) is 0.153. The van der Waals surface area contributed by atoms with Crippen molar-refractivity contribution in [2.75, 3.05) is 44.2 Å². The normalized spacial score (nSPS) is 13.8. The summed E-state index contributed by atoms with van der Waals surface area (Å²) in [6.07, 6.45) is 0. The highest BCUT2D eigenvalue weighted by Gasteiger charge is 2.23. The zero-order valence-electron chi connectivity index (χ0n) is 22.0. The summed E-state index contributed by atoms with van der Waals surface area (Å²) in [5.74, 6) is -1.07. The van der Waals surface area contributed by atoms with Crippen molar-refractivity contribution < 1.29 is 18.7 Å². The van der Waals surface area contributed by atoms with E-state index >= 15 is 0 Å². The molecule has 0 spiro atoms. The molecular weight excluding hydrogens is 494 g/mol. The van der Waals surface area contributed by atoms with E-state index in [0.29, 0.717) is 38.6 Å². The summed E-state index contributed by atoms with van der Waals surface area (Å²) in [5.41, 5.74) is 2.85. The minimum absolute atomic E-state index is 0.104. The van der Waals surface area contributed by atoms with Gasteiger partial charge in [0, 0.05) is 41.9 Å². The Labute approximate surface area is 224 Å². The second kappa shape index (κ2) is 10.0. The van der Waals surface area contributed by atoms with Gasteiger partial charge in [-0.2, -0.15) is 0 Å². The molecule has 1 aliphatic rings. The fourth-order valence-electron chi connectivity index (χ4n) is 5.60. The van der Waals surface area contributed by atoms with Crippen LogP contribution in [0.15, 0.2) is 74.3 Å². The van der Waals surface area contributed by atoms with Crippen LogP contribution in [0.5, 0.6) is 0 Å². The molecule has 0 unspecified atom stereocenters. The summed E-state index contributed by atoms with van der Waals surface area (Å²) < 4.78 is 14.7. The molecule has 198 valence electrons. The summed E-state index contributed by atoms with van der Waals surface area (Å²) >= 11 is 0. The van der Waals surface area contributed by atoms with E-state index in [0.717, 1.165) is 50.3 Å². The predicted molar refractivity (Wildman–Crippen MR) is 154 cm³/mol. The highest BCUT2D eigenvalue weighted by molar-refractivity contribution is 6.16. The maximum Gasteiger partial charge on any atom is 0.348 e. The number of carboxylic acids is 1. The van der Waals surface area contributed by atoms with E-state index in [2.05, 4.69) is 28.6 Å². The Bertz CT molecular complexity index is 1870. The predicted octanol–water partition coefficient (Wildman–Crippen LogP) is 4.28. The highest BCUT2D eigenvalue weighted by atomic mass is 16.4. The number of aromatic carboxylic acids is 1. The smallest absolute Gasteiger partial charge is 0.348 e. The molecule has 1 fully saturated rings. The van der Waals surface area contributed by atoms with Gasteiger partial charge >= 0.3 is 11.6 Å². The number of benzene rings is 3. The molecule has 2 N–H and O–H groups in total. The van der Waals surface area contributed by atoms with Gasteiger partial charge in [-0.15, -0.1) is 0 Å². The molecule has 2 aromatic heterocycles. The van der Waals surface area contributed by atoms with Gasteiger partial charge in [0.15, 0.2) is 18.7 Å². The number of carbonyl (C=O) groups is 1.